The molecule has 136 valence electrons. The third-order valence-corrected chi connectivity index (χ3v) is 5.15. The van der Waals surface area contributed by atoms with Gasteiger partial charge in [-0.15, -0.1) is 0 Å². The monoisotopic (exact) mass is 378 g/mol. The van der Waals surface area contributed by atoms with Crippen LogP contribution in [0.15, 0.2) is 48.5 Å². The molecule has 2 N–H and O–H groups in total. The number of amides is 1. The Balaban J connectivity index is 1.88. The number of pyridine rings is 1. The Morgan fingerprint density at radius 3 is 2.74 bits per heavy atom. The van der Waals surface area contributed by atoms with Crippen molar-refractivity contribution in [3.05, 3.63) is 75.9 Å². The number of carbonyl (C=O) groups excluding carboxylic acids is 1. The summed E-state index contributed by atoms with van der Waals surface area (Å²) in [5.41, 5.74) is 5.30. The number of halogens is 1. The molecule has 1 aliphatic rings. The van der Waals surface area contributed by atoms with Gasteiger partial charge in [0.15, 0.2) is 0 Å². The molecule has 2 aromatic carbocycles. The van der Waals surface area contributed by atoms with E-state index in [2.05, 4.69) is 11.4 Å². The van der Waals surface area contributed by atoms with Gasteiger partial charge in [0.25, 0.3) is 5.91 Å². The van der Waals surface area contributed by atoms with Crippen molar-refractivity contribution in [2.75, 3.05) is 13.2 Å². The van der Waals surface area contributed by atoms with Crippen LogP contribution in [0.4, 0.5) is 0 Å². The number of hydrogen-bond acceptors (Lipinski definition) is 3. The molecule has 0 saturated heterocycles. The third kappa shape index (κ3) is 3.34. The Bertz CT molecular complexity index is 1060. The number of hydrogen-bond donors (Lipinski definition) is 2. The molecular formula is C22H19ClN2O2. The van der Waals surface area contributed by atoms with Crippen LogP contribution < -0.4 is 5.32 Å². The largest absolute Gasteiger partial charge is 0.395 e. The van der Waals surface area contributed by atoms with Crippen molar-refractivity contribution in [1.82, 2.24) is 10.3 Å². The highest BCUT2D eigenvalue weighted by Gasteiger charge is 2.26. The predicted molar refractivity (Wildman–Crippen MR) is 109 cm³/mol. The number of allylic oxidation sites excluding steroid dienone is 1. The van der Waals surface area contributed by atoms with Crippen molar-refractivity contribution in [2.45, 2.75) is 12.8 Å². The zero-order chi connectivity index (χ0) is 18.8. The van der Waals surface area contributed by atoms with Crippen molar-refractivity contribution >= 4 is 40.1 Å². The standard InChI is InChI=1S/C22H19ClN2O2/c23-18-7-3-1-5-14(18)13-15-9-10-17-20(22(27)24-11-12-26)16-6-2-4-8-19(16)25-21(15)17/h1-8,13,26H,9-12H2,(H,24,27)/b15-13-. The van der Waals surface area contributed by atoms with Crippen LogP contribution in [-0.2, 0) is 6.42 Å². The second kappa shape index (κ2) is 7.51. The maximum absolute atomic E-state index is 12.8. The molecule has 0 spiro atoms. The van der Waals surface area contributed by atoms with Crippen LogP contribution >= 0.6 is 11.6 Å². The molecule has 3 aromatic rings. The summed E-state index contributed by atoms with van der Waals surface area (Å²) in [5, 5.41) is 13.4. The summed E-state index contributed by atoms with van der Waals surface area (Å²) in [6.07, 6.45) is 3.63. The zero-order valence-corrected chi connectivity index (χ0v) is 15.5. The highest BCUT2D eigenvalue weighted by atomic mass is 35.5. The fraction of sp³-hybridized carbons (Fsp3) is 0.182. The number of nitrogens with zero attached hydrogens (tertiary/aromatic N) is 1. The number of aliphatic hydroxyl groups is 1. The zero-order valence-electron chi connectivity index (χ0n) is 14.7. The van der Waals surface area contributed by atoms with Gasteiger partial charge in [0, 0.05) is 17.0 Å². The van der Waals surface area contributed by atoms with Crippen LogP contribution in [0.5, 0.6) is 0 Å². The van der Waals surface area contributed by atoms with E-state index in [1.54, 1.807) is 0 Å². The van der Waals surface area contributed by atoms with Crippen molar-refractivity contribution in [2.24, 2.45) is 0 Å². The molecule has 1 aromatic heterocycles. The lowest BCUT2D eigenvalue weighted by Crippen LogP contribution is -2.27. The second-order valence-corrected chi connectivity index (χ2v) is 6.91. The Kier molecular flexibility index (Phi) is 4.92. The molecule has 0 fully saturated rings. The van der Waals surface area contributed by atoms with E-state index < -0.39 is 0 Å². The lowest BCUT2D eigenvalue weighted by atomic mass is 10.00. The van der Waals surface area contributed by atoms with E-state index in [1.165, 1.54) is 0 Å². The minimum Gasteiger partial charge on any atom is -0.395 e. The molecule has 27 heavy (non-hydrogen) atoms. The molecule has 0 radical (unpaired) electrons. The van der Waals surface area contributed by atoms with E-state index in [0.717, 1.165) is 46.1 Å². The Hall–Kier alpha value is -2.69. The average Bonchev–Trinajstić information content (AvgIpc) is 3.08. The predicted octanol–water partition coefficient (Wildman–Crippen LogP) is 4.10. The first kappa shape index (κ1) is 17.7. The molecular weight excluding hydrogens is 360 g/mol. The van der Waals surface area contributed by atoms with Gasteiger partial charge in [-0.25, -0.2) is 4.98 Å². The van der Waals surface area contributed by atoms with Gasteiger partial charge >= 0.3 is 0 Å². The highest BCUT2D eigenvalue weighted by molar-refractivity contribution is 6.32. The van der Waals surface area contributed by atoms with Crippen LogP contribution in [0.2, 0.25) is 5.02 Å². The Morgan fingerprint density at radius 1 is 1.15 bits per heavy atom. The quantitative estimate of drug-likeness (QED) is 0.718. The molecule has 4 rings (SSSR count). The molecule has 0 atom stereocenters. The molecule has 1 amide bonds. The molecule has 1 aliphatic carbocycles. The molecule has 0 unspecified atom stereocenters. The number of aromatic nitrogens is 1. The molecule has 0 bridgehead atoms. The van der Waals surface area contributed by atoms with Crippen molar-refractivity contribution in [1.29, 1.82) is 0 Å². The minimum atomic E-state index is -0.169. The minimum absolute atomic E-state index is 0.0887. The summed E-state index contributed by atoms with van der Waals surface area (Å²) >= 11 is 6.31. The van der Waals surface area contributed by atoms with Crippen molar-refractivity contribution < 1.29 is 9.90 Å². The maximum Gasteiger partial charge on any atom is 0.252 e. The van der Waals surface area contributed by atoms with E-state index in [0.29, 0.717) is 10.6 Å². The van der Waals surface area contributed by atoms with E-state index >= 15 is 0 Å². The third-order valence-electron chi connectivity index (χ3n) is 4.80. The average molecular weight is 379 g/mol. The van der Waals surface area contributed by atoms with Crippen LogP contribution in [0.25, 0.3) is 22.6 Å². The highest BCUT2D eigenvalue weighted by Crippen LogP contribution is 2.38. The number of fused-ring (bicyclic) bond motifs is 2. The fourth-order valence-corrected chi connectivity index (χ4v) is 3.77. The van der Waals surface area contributed by atoms with E-state index in [4.69, 9.17) is 21.7 Å². The number of aliphatic hydroxyl groups excluding tert-OH is 1. The van der Waals surface area contributed by atoms with Gasteiger partial charge in [-0.1, -0.05) is 48.0 Å². The lowest BCUT2D eigenvalue weighted by Gasteiger charge is -2.12. The summed E-state index contributed by atoms with van der Waals surface area (Å²) in [5.74, 6) is -0.169. The molecule has 1 heterocycles. The van der Waals surface area contributed by atoms with E-state index in [9.17, 15) is 4.79 Å². The number of para-hydroxylation sites is 1. The molecule has 5 heteroatoms. The summed E-state index contributed by atoms with van der Waals surface area (Å²) in [6.45, 7) is 0.140. The number of benzene rings is 2. The first-order valence-corrected chi connectivity index (χ1v) is 9.33. The van der Waals surface area contributed by atoms with Gasteiger partial charge in [0.05, 0.1) is 23.4 Å². The van der Waals surface area contributed by atoms with Crippen LogP contribution in [0, 0.1) is 0 Å². The second-order valence-electron chi connectivity index (χ2n) is 6.50. The number of rotatable bonds is 4. The first-order valence-electron chi connectivity index (χ1n) is 8.95. The van der Waals surface area contributed by atoms with Gasteiger partial charge in [0.1, 0.15) is 0 Å². The van der Waals surface area contributed by atoms with Gasteiger partial charge in [-0.2, -0.15) is 0 Å². The summed E-state index contributed by atoms with van der Waals surface area (Å²) in [6, 6.07) is 15.4. The molecule has 0 saturated carbocycles. The molecule has 0 aliphatic heterocycles. The Labute approximate surface area is 162 Å². The number of nitrogens with one attached hydrogen (secondary N) is 1. The Morgan fingerprint density at radius 2 is 1.93 bits per heavy atom. The normalized spacial score (nSPS) is 14.5. The van der Waals surface area contributed by atoms with Gasteiger partial charge in [0.2, 0.25) is 0 Å². The van der Waals surface area contributed by atoms with Crippen molar-refractivity contribution in [3.63, 3.8) is 0 Å². The smallest absolute Gasteiger partial charge is 0.252 e. The fourth-order valence-electron chi connectivity index (χ4n) is 3.58. The summed E-state index contributed by atoms with van der Waals surface area (Å²) < 4.78 is 0. The van der Waals surface area contributed by atoms with Crippen LogP contribution in [0.3, 0.4) is 0 Å². The summed E-state index contributed by atoms with van der Waals surface area (Å²) in [7, 11) is 0. The lowest BCUT2D eigenvalue weighted by molar-refractivity contribution is 0.0945. The van der Waals surface area contributed by atoms with Gasteiger partial charge in [-0.05, 0) is 47.8 Å². The van der Waals surface area contributed by atoms with Gasteiger partial charge < -0.3 is 10.4 Å². The van der Waals surface area contributed by atoms with E-state index in [-0.39, 0.29) is 19.1 Å². The van der Waals surface area contributed by atoms with Crippen LogP contribution in [-0.4, -0.2) is 29.1 Å². The van der Waals surface area contributed by atoms with Crippen molar-refractivity contribution in [3.8, 4) is 0 Å². The summed E-state index contributed by atoms with van der Waals surface area (Å²) in [4.78, 5) is 17.7. The van der Waals surface area contributed by atoms with E-state index in [1.807, 2.05) is 48.5 Å². The SMILES string of the molecule is O=C(NCCO)c1c2c(nc3ccccc13)/C(=C\c1ccccc1Cl)CC2. The van der Waals surface area contributed by atoms with Crippen LogP contribution in [0.1, 0.15) is 33.6 Å². The van der Waals surface area contributed by atoms with Gasteiger partial charge in [-0.3, -0.25) is 4.79 Å². The molecule has 4 nitrogen and oxygen atoms in total. The topological polar surface area (TPSA) is 62.2 Å². The maximum atomic E-state index is 12.8. The first-order chi connectivity index (χ1) is 13.2. The number of carbonyl (C=O) groups is 1.